The zero-order valence-electron chi connectivity index (χ0n) is 27.4. The molecule has 1 aliphatic rings. The molecular formula is C34H46ClN5O5S. The van der Waals surface area contributed by atoms with Crippen molar-refractivity contribution in [2.75, 3.05) is 50.6 Å². The highest BCUT2D eigenvalue weighted by molar-refractivity contribution is 7.92. The minimum atomic E-state index is -3.54. The Labute approximate surface area is 278 Å². The number of hydrogen-bond acceptors (Lipinski definition) is 10. The number of halogens is 1. The Bertz CT molecular complexity index is 1590. The zero-order valence-corrected chi connectivity index (χ0v) is 29.0. The quantitative estimate of drug-likeness (QED) is 0.158. The molecule has 1 aliphatic heterocycles. The summed E-state index contributed by atoms with van der Waals surface area (Å²) < 4.78 is 37.1. The summed E-state index contributed by atoms with van der Waals surface area (Å²) in [6.45, 7) is 11.4. The lowest BCUT2D eigenvalue weighted by Crippen LogP contribution is -2.37. The molecule has 0 bridgehead atoms. The third kappa shape index (κ3) is 9.18. The van der Waals surface area contributed by atoms with Gasteiger partial charge < -0.3 is 25.0 Å². The van der Waals surface area contributed by atoms with E-state index in [4.69, 9.17) is 21.1 Å². The molecule has 0 atom stereocenters. The van der Waals surface area contributed by atoms with Crippen molar-refractivity contribution in [1.82, 2.24) is 14.9 Å². The average molecular weight is 672 g/mol. The molecule has 12 heteroatoms. The predicted octanol–water partition coefficient (Wildman–Crippen LogP) is 6.76. The molecule has 1 saturated heterocycles. The molecule has 0 saturated carbocycles. The van der Waals surface area contributed by atoms with E-state index in [1.165, 1.54) is 11.8 Å². The van der Waals surface area contributed by atoms with Crippen LogP contribution in [0.25, 0.3) is 0 Å². The first kappa shape index (κ1) is 35.6. The van der Waals surface area contributed by atoms with E-state index in [0.717, 1.165) is 50.9 Å². The van der Waals surface area contributed by atoms with Crippen LogP contribution in [0.4, 0.5) is 23.1 Å². The van der Waals surface area contributed by atoms with E-state index in [1.807, 2.05) is 12.1 Å². The Balaban J connectivity index is 1.40. The fourth-order valence-corrected chi connectivity index (χ4v) is 6.82. The van der Waals surface area contributed by atoms with Crippen LogP contribution in [0.5, 0.6) is 5.75 Å². The van der Waals surface area contributed by atoms with Gasteiger partial charge in [0, 0.05) is 25.5 Å². The van der Waals surface area contributed by atoms with Gasteiger partial charge in [-0.05, 0) is 94.9 Å². The topological polar surface area (TPSA) is 123 Å². The summed E-state index contributed by atoms with van der Waals surface area (Å²) in [7, 11) is -1.92. The standard InChI is InChI=1S/C34H46ClN5O5S/c1-6-18-45-19-14-30(41)25-11-15-40(16-12-25)17-13-26-21-31(44-5)29(20-24(26)4)38-34-36-22-27(35)33(39-34)37-28-9-7-8-10-32(28)46(42,43)23(2)3/h7-10,20-23,25H,6,11-19H2,1-5H3,(H2,36,37,38,39). The van der Waals surface area contributed by atoms with Crippen LogP contribution in [0.2, 0.25) is 5.02 Å². The first-order chi connectivity index (χ1) is 22.0. The van der Waals surface area contributed by atoms with Gasteiger partial charge in [-0.3, -0.25) is 4.79 Å². The number of carbonyl (C=O) groups excluding carboxylic acids is 1. The molecule has 2 heterocycles. The highest BCUT2D eigenvalue weighted by Crippen LogP contribution is 2.33. The van der Waals surface area contributed by atoms with Gasteiger partial charge in [-0.25, -0.2) is 13.4 Å². The van der Waals surface area contributed by atoms with Gasteiger partial charge in [-0.1, -0.05) is 30.7 Å². The number of para-hydroxylation sites is 1. The maximum atomic E-state index is 12.9. The Hall–Kier alpha value is -3.25. The van der Waals surface area contributed by atoms with E-state index < -0.39 is 15.1 Å². The van der Waals surface area contributed by atoms with Crippen molar-refractivity contribution in [3.63, 3.8) is 0 Å². The number of likely N-dealkylation sites (tertiary alicyclic amines) is 1. The molecule has 46 heavy (non-hydrogen) atoms. The summed E-state index contributed by atoms with van der Waals surface area (Å²) in [5.41, 5.74) is 3.35. The van der Waals surface area contributed by atoms with E-state index in [2.05, 4.69) is 39.3 Å². The predicted molar refractivity (Wildman–Crippen MR) is 184 cm³/mol. The number of rotatable bonds is 16. The summed E-state index contributed by atoms with van der Waals surface area (Å²) in [5.74, 6) is 1.67. The molecule has 10 nitrogen and oxygen atoms in total. The van der Waals surface area contributed by atoms with Crippen molar-refractivity contribution in [1.29, 1.82) is 0 Å². The van der Waals surface area contributed by atoms with Crippen molar-refractivity contribution in [2.45, 2.75) is 69.9 Å². The second-order valence-corrected chi connectivity index (χ2v) is 14.8. The van der Waals surface area contributed by atoms with Crippen LogP contribution >= 0.6 is 11.6 Å². The van der Waals surface area contributed by atoms with Gasteiger partial charge in [0.25, 0.3) is 0 Å². The van der Waals surface area contributed by atoms with Crippen LogP contribution in [-0.4, -0.2) is 74.3 Å². The Kier molecular flexibility index (Phi) is 12.8. The number of anilines is 4. The minimum absolute atomic E-state index is 0.141. The maximum Gasteiger partial charge on any atom is 0.229 e. The molecule has 2 aromatic carbocycles. The number of ether oxygens (including phenoxy) is 2. The number of carbonyl (C=O) groups is 1. The number of Topliss-reactive ketones (excluding diaryl/α,β-unsaturated/α-hetero) is 1. The summed E-state index contributed by atoms with van der Waals surface area (Å²) in [5, 5.41) is 5.98. The molecule has 0 spiro atoms. The molecule has 0 aliphatic carbocycles. The molecule has 1 fully saturated rings. The van der Waals surface area contributed by atoms with Crippen LogP contribution < -0.4 is 15.4 Å². The van der Waals surface area contributed by atoms with Crippen molar-refractivity contribution in [3.8, 4) is 5.75 Å². The van der Waals surface area contributed by atoms with Gasteiger partial charge in [0.2, 0.25) is 5.95 Å². The van der Waals surface area contributed by atoms with Crippen molar-refractivity contribution < 1.29 is 22.7 Å². The van der Waals surface area contributed by atoms with Crippen LogP contribution in [0, 0.1) is 12.8 Å². The molecule has 250 valence electrons. The maximum absolute atomic E-state index is 12.9. The lowest BCUT2D eigenvalue weighted by atomic mass is 9.91. The Morgan fingerprint density at radius 2 is 1.85 bits per heavy atom. The number of aromatic nitrogens is 2. The highest BCUT2D eigenvalue weighted by Gasteiger charge is 2.25. The number of benzene rings is 2. The number of nitrogens with one attached hydrogen (secondary N) is 2. The van der Waals surface area contributed by atoms with Crippen molar-refractivity contribution >= 4 is 50.4 Å². The summed E-state index contributed by atoms with van der Waals surface area (Å²) in [6.07, 6.45) is 5.60. The minimum Gasteiger partial charge on any atom is -0.495 e. The number of nitrogens with zero attached hydrogens (tertiary/aromatic N) is 3. The van der Waals surface area contributed by atoms with Gasteiger partial charge in [0.05, 0.1) is 41.4 Å². The number of hydrogen-bond donors (Lipinski definition) is 2. The highest BCUT2D eigenvalue weighted by atomic mass is 35.5. The molecule has 4 rings (SSSR count). The fourth-order valence-electron chi connectivity index (χ4n) is 5.48. The van der Waals surface area contributed by atoms with E-state index in [1.54, 1.807) is 45.2 Å². The second-order valence-electron chi connectivity index (χ2n) is 11.9. The van der Waals surface area contributed by atoms with Gasteiger partial charge in [0.1, 0.15) is 16.6 Å². The van der Waals surface area contributed by atoms with E-state index in [-0.39, 0.29) is 27.6 Å². The molecule has 0 radical (unpaired) electrons. The molecule has 0 unspecified atom stereocenters. The van der Waals surface area contributed by atoms with Crippen LogP contribution in [-0.2, 0) is 25.8 Å². The largest absolute Gasteiger partial charge is 0.495 e. The first-order valence-electron chi connectivity index (χ1n) is 15.9. The Morgan fingerprint density at radius 3 is 2.54 bits per heavy atom. The van der Waals surface area contributed by atoms with Crippen LogP contribution in [0.1, 0.15) is 57.6 Å². The average Bonchev–Trinajstić information content (AvgIpc) is 3.04. The first-order valence-corrected chi connectivity index (χ1v) is 17.9. The molecule has 1 aromatic heterocycles. The molecule has 2 N–H and O–H groups in total. The number of sulfone groups is 1. The zero-order chi connectivity index (χ0) is 33.3. The number of piperidine rings is 1. The number of methoxy groups -OCH3 is 1. The summed E-state index contributed by atoms with van der Waals surface area (Å²) in [4.78, 5) is 24.0. The van der Waals surface area contributed by atoms with Crippen LogP contribution in [0.3, 0.4) is 0 Å². The third-order valence-electron chi connectivity index (χ3n) is 8.30. The van der Waals surface area contributed by atoms with E-state index in [0.29, 0.717) is 42.5 Å². The summed E-state index contributed by atoms with van der Waals surface area (Å²) >= 11 is 6.42. The van der Waals surface area contributed by atoms with Gasteiger partial charge in [-0.2, -0.15) is 4.98 Å². The van der Waals surface area contributed by atoms with Crippen LogP contribution in [0.15, 0.2) is 47.5 Å². The van der Waals surface area contributed by atoms with Gasteiger partial charge in [-0.15, -0.1) is 0 Å². The third-order valence-corrected chi connectivity index (χ3v) is 10.8. The Morgan fingerprint density at radius 1 is 1.11 bits per heavy atom. The monoisotopic (exact) mass is 671 g/mol. The molecule has 3 aromatic rings. The molecule has 0 amide bonds. The van der Waals surface area contributed by atoms with Gasteiger partial charge in [0.15, 0.2) is 15.7 Å². The molecular weight excluding hydrogens is 626 g/mol. The normalized spacial score (nSPS) is 14.4. The number of ketones is 1. The van der Waals surface area contributed by atoms with Gasteiger partial charge >= 0.3 is 0 Å². The van der Waals surface area contributed by atoms with E-state index >= 15 is 0 Å². The SMILES string of the molecule is CCCOCCC(=O)C1CCN(CCc2cc(OC)c(Nc3ncc(Cl)c(Nc4ccccc4S(=O)(=O)C(C)C)n3)cc2C)CC1. The smallest absolute Gasteiger partial charge is 0.229 e. The lowest BCUT2D eigenvalue weighted by Gasteiger charge is -2.31. The van der Waals surface area contributed by atoms with Crippen molar-refractivity contribution in [2.24, 2.45) is 5.92 Å². The lowest BCUT2D eigenvalue weighted by molar-refractivity contribution is -0.125. The second kappa shape index (κ2) is 16.5. The van der Waals surface area contributed by atoms with Crippen molar-refractivity contribution in [3.05, 3.63) is 58.7 Å². The fraction of sp³-hybridized carbons (Fsp3) is 0.500. The number of aryl methyl sites for hydroxylation is 1. The summed E-state index contributed by atoms with van der Waals surface area (Å²) in [6, 6.07) is 10.7. The van der Waals surface area contributed by atoms with E-state index in [9.17, 15) is 13.2 Å².